The summed E-state index contributed by atoms with van der Waals surface area (Å²) in [5.74, 6) is 0.841. The lowest BCUT2D eigenvalue weighted by molar-refractivity contribution is -0.0267. The maximum atomic E-state index is 5.95. The van der Waals surface area contributed by atoms with Crippen molar-refractivity contribution in [3.05, 3.63) is 0 Å². The normalized spacial score (nSPS) is 22.3. The van der Waals surface area contributed by atoms with Crippen LogP contribution in [0.4, 0.5) is 0 Å². The molecule has 1 atom stereocenters. The summed E-state index contributed by atoms with van der Waals surface area (Å²) in [6.45, 7) is 9.93. The van der Waals surface area contributed by atoms with Crippen LogP contribution in [0, 0.1) is 11.3 Å². The van der Waals surface area contributed by atoms with Gasteiger partial charge in [-0.3, -0.25) is 0 Å². The number of hydrogen-bond acceptors (Lipinski definition) is 1. The highest BCUT2D eigenvalue weighted by atomic mass is 16.5. The molecule has 1 fully saturated rings. The van der Waals surface area contributed by atoms with Crippen molar-refractivity contribution in [3.8, 4) is 0 Å². The fraction of sp³-hybridized carbons (Fsp3) is 1.00. The summed E-state index contributed by atoms with van der Waals surface area (Å²) < 4.78 is 5.95. The van der Waals surface area contributed by atoms with E-state index < -0.39 is 0 Å². The fourth-order valence-corrected chi connectivity index (χ4v) is 1.88. The van der Waals surface area contributed by atoms with Crippen LogP contribution in [0.5, 0.6) is 0 Å². The summed E-state index contributed by atoms with van der Waals surface area (Å²) in [6, 6.07) is 0. The van der Waals surface area contributed by atoms with E-state index in [1.54, 1.807) is 0 Å². The highest BCUT2D eigenvalue weighted by Crippen LogP contribution is 2.27. The molecule has 0 amide bonds. The van der Waals surface area contributed by atoms with Gasteiger partial charge in [-0.15, -0.1) is 0 Å². The van der Waals surface area contributed by atoms with E-state index in [1.165, 1.54) is 32.1 Å². The Morgan fingerprint density at radius 1 is 1.14 bits per heavy atom. The lowest BCUT2D eigenvalue weighted by atomic mass is 9.88. The van der Waals surface area contributed by atoms with Crippen molar-refractivity contribution in [2.45, 2.75) is 65.9 Å². The molecule has 1 aliphatic carbocycles. The highest BCUT2D eigenvalue weighted by molar-refractivity contribution is 4.71. The van der Waals surface area contributed by atoms with Gasteiger partial charge in [-0.05, 0) is 31.1 Å². The molecule has 1 unspecified atom stereocenters. The first-order valence-corrected chi connectivity index (χ1v) is 6.12. The van der Waals surface area contributed by atoms with Gasteiger partial charge in [0.1, 0.15) is 0 Å². The van der Waals surface area contributed by atoms with E-state index in [9.17, 15) is 0 Å². The first-order valence-electron chi connectivity index (χ1n) is 6.12. The second kappa shape index (κ2) is 5.16. The SMILES string of the molecule is CC(OCC1CCCCC1)C(C)(C)C. The van der Waals surface area contributed by atoms with Gasteiger partial charge in [-0.2, -0.15) is 0 Å². The molecule has 84 valence electrons. The molecule has 0 bridgehead atoms. The Morgan fingerprint density at radius 3 is 2.21 bits per heavy atom. The van der Waals surface area contributed by atoms with Crippen LogP contribution in [0.15, 0.2) is 0 Å². The minimum absolute atomic E-state index is 0.286. The predicted octanol–water partition coefficient (Wildman–Crippen LogP) is 4.02. The van der Waals surface area contributed by atoms with Gasteiger partial charge in [0, 0.05) is 6.61 Å². The Kier molecular flexibility index (Phi) is 4.43. The smallest absolute Gasteiger partial charge is 0.0595 e. The second-order valence-corrected chi connectivity index (χ2v) is 5.85. The Labute approximate surface area is 89.2 Å². The van der Waals surface area contributed by atoms with Crippen molar-refractivity contribution in [2.75, 3.05) is 6.61 Å². The van der Waals surface area contributed by atoms with Gasteiger partial charge in [0.15, 0.2) is 0 Å². The molecule has 0 heterocycles. The predicted molar refractivity (Wildman–Crippen MR) is 61.4 cm³/mol. The van der Waals surface area contributed by atoms with Crippen molar-refractivity contribution < 1.29 is 4.74 Å². The van der Waals surface area contributed by atoms with Crippen LogP contribution in [0.1, 0.15) is 59.8 Å². The Hall–Kier alpha value is -0.0400. The molecule has 1 nitrogen and oxygen atoms in total. The third-order valence-corrected chi connectivity index (χ3v) is 3.53. The summed E-state index contributed by atoms with van der Waals surface area (Å²) in [4.78, 5) is 0. The molecule has 0 aromatic rings. The molecule has 14 heavy (non-hydrogen) atoms. The first kappa shape index (κ1) is 12.0. The van der Waals surface area contributed by atoms with Crippen molar-refractivity contribution in [3.63, 3.8) is 0 Å². The third-order valence-electron chi connectivity index (χ3n) is 3.53. The van der Waals surface area contributed by atoms with Crippen LogP contribution in [-0.2, 0) is 4.74 Å². The monoisotopic (exact) mass is 198 g/mol. The average Bonchev–Trinajstić information content (AvgIpc) is 2.14. The molecular weight excluding hydrogens is 172 g/mol. The molecule has 1 heteroatoms. The van der Waals surface area contributed by atoms with Crippen molar-refractivity contribution in [1.29, 1.82) is 0 Å². The van der Waals surface area contributed by atoms with Crippen LogP contribution in [0.25, 0.3) is 0 Å². The summed E-state index contributed by atoms with van der Waals surface area (Å²) >= 11 is 0. The van der Waals surface area contributed by atoms with E-state index in [4.69, 9.17) is 4.74 Å². The van der Waals surface area contributed by atoms with Gasteiger partial charge < -0.3 is 4.74 Å². The molecular formula is C13H26O. The highest BCUT2D eigenvalue weighted by Gasteiger charge is 2.22. The van der Waals surface area contributed by atoms with Crippen LogP contribution < -0.4 is 0 Å². The summed E-state index contributed by atoms with van der Waals surface area (Å²) in [7, 11) is 0. The fourth-order valence-electron chi connectivity index (χ4n) is 1.88. The van der Waals surface area contributed by atoms with Gasteiger partial charge in [0.05, 0.1) is 6.10 Å². The molecule has 0 spiro atoms. The number of ether oxygens (including phenoxy) is 1. The van der Waals surface area contributed by atoms with E-state index in [2.05, 4.69) is 27.7 Å². The Bertz CT molecular complexity index is 151. The molecule has 0 saturated heterocycles. The lowest BCUT2D eigenvalue weighted by Crippen LogP contribution is -2.28. The zero-order chi connectivity index (χ0) is 10.6. The standard InChI is InChI=1S/C13H26O/c1-11(13(2,3)4)14-10-12-8-6-5-7-9-12/h11-12H,5-10H2,1-4H3. The minimum atomic E-state index is 0.286. The Morgan fingerprint density at radius 2 is 1.71 bits per heavy atom. The van der Waals surface area contributed by atoms with E-state index >= 15 is 0 Å². The first-order chi connectivity index (χ1) is 6.50. The second-order valence-electron chi connectivity index (χ2n) is 5.85. The van der Waals surface area contributed by atoms with Crippen LogP contribution in [0.2, 0.25) is 0 Å². The van der Waals surface area contributed by atoms with Gasteiger partial charge >= 0.3 is 0 Å². The largest absolute Gasteiger partial charge is 0.378 e. The van der Waals surface area contributed by atoms with E-state index in [0.717, 1.165) is 12.5 Å². The average molecular weight is 198 g/mol. The zero-order valence-electron chi connectivity index (χ0n) is 10.3. The van der Waals surface area contributed by atoms with Crippen LogP contribution in [-0.4, -0.2) is 12.7 Å². The molecule has 1 aliphatic rings. The molecule has 0 N–H and O–H groups in total. The molecule has 0 aromatic heterocycles. The van der Waals surface area contributed by atoms with E-state index in [0.29, 0.717) is 6.10 Å². The van der Waals surface area contributed by atoms with Crippen molar-refractivity contribution >= 4 is 0 Å². The zero-order valence-corrected chi connectivity index (χ0v) is 10.3. The van der Waals surface area contributed by atoms with Gasteiger partial charge in [0.25, 0.3) is 0 Å². The summed E-state index contributed by atoms with van der Waals surface area (Å²) in [6.07, 6.45) is 7.42. The topological polar surface area (TPSA) is 9.23 Å². The number of hydrogen-bond donors (Lipinski definition) is 0. The lowest BCUT2D eigenvalue weighted by Gasteiger charge is -2.30. The van der Waals surface area contributed by atoms with Crippen LogP contribution >= 0.6 is 0 Å². The molecule has 0 aromatic carbocycles. The molecule has 0 aliphatic heterocycles. The maximum Gasteiger partial charge on any atom is 0.0595 e. The third kappa shape index (κ3) is 4.00. The molecule has 1 rings (SSSR count). The minimum Gasteiger partial charge on any atom is -0.378 e. The quantitative estimate of drug-likeness (QED) is 0.665. The summed E-state index contributed by atoms with van der Waals surface area (Å²) in [5.41, 5.74) is 0.286. The molecule has 1 saturated carbocycles. The van der Waals surface area contributed by atoms with E-state index in [1.807, 2.05) is 0 Å². The van der Waals surface area contributed by atoms with Gasteiger partial charge in [-0.1, -0.05) is 40.0 Å². The molecule has 0 radical (unpaired) electrons. The van der Waals surface area contributed by atoms with Crippen LogP contribution in [0.3, 0.4) is 0 Å². The van der Waals surface area contributed by atoms with E-state index in [-0.39, 0.29) is 5.41 Å². The Balaban J connectivity index is 2.19. The van der Waals surface area contributed by atoms with Crippen molar-refractivity contribution in [2.24, 2.45) is 11.3 Å². The van der Waals surface area contributed by atoms with Gasteiger partial charge in [0.2, 0.25) is 0 Å². The summed E-state index contributed by atoms with van der Waals surface area (Å²) in [5, 5.41) is 0. The van der Waals surface area contributed by atoms with Gasteiger partial charge in [-0.25, -0.2) is 0 Å². The maximum absolute atomic E-state index is 5.95. The number of rotatable bonds is 3. The van der Waals surface area contributed by atoms with Crippen molar-refractivity contribution in [1.82, 2.24) is 0 Å².